The molecule has 0 bridgehead atoms. The van der Waals surface area contributed by atoms with Crippen molar-refractivity contribution < 1.29 is 9.59 Å². The van der Waals surface area contributed by atoms with Crippen molar-refractivity contribution in [3.63, 3.8) is 0 Å². The van der Waals surface area contributed by atoms with Crippen molar-refractivity contribution in [3.05, 3.63) is 95.9 Å². The van der Waals surface area contributed by atoms with Gasteiger partial charge in [-0.1, -0.05) is 72.4 Å². The minimum Gasteiger partial charge on any atom is -0.339 e. The maximum Gasteiger partial charge on any atom is 0.254 e. The minimum atomic E-state index is -0.0476. The van der Waals surface area contributed by atoms with Crippen molar-refractivity contribution in [2.45, 2.75) is 31.0 Å². The van der Waals surface area contributed by atoms with E-state index in [2.05, 4.69) is 33.0 Å². The smallest absolute Gasteiger partial charge is 0.254 e. The lowest BCUT2D eigenvalue weighted by molar-refractivity contribution is -0.133. The first-order chi connectivity index (χ1) is 20.1. The van der Waals surface area contributed by atoms with E-state index in [-0.39, 0.29) is 17.9 Å². The van der Waals surface area contributed by atoms with Gasteiger partial charge in [0.15, 0.2) is 11.0 Å². The maximum atomic E-state index is 13.5. The fourth-order valence-corrected chi connectivity index (χ4v) is 6.93. The van der Waals surface area contributed by atoms with Gasteiger partial charge in [-0.05, 0) is 53.8 Å². The topological polar surface area (TPSA) is 71.3 Å². The molecule has 3 aromatic carbocycles. The summed E-state index contributed by atoms with van der Waals surface area (Å²) in [5.74, 6) is 1.76. The molecule has 1 fully saturated rings. The SMILES string of the molecule is CC1CN(C(=O)CCCSc2nnc(-c3cccs3)n2-c2ccccc2)CCN1C(=O)c1cccc2ccccc12. The highest BCUT2D eigenvalue weighted by atomic mass is 32.2. The number of fused-ring (bicyclic) bond motifs is 1. The van der Waals surface area contributed by atoms with Gasteiger partial charge in [0.25, 0.3) is 5.91 Å². The molecule has 208 valence electrons. The number of para-hydroxylation sites is 1. The highest BCUT2D eigenvalue weighted by molar-refractivity contribution is 7.99. The molecule has 1 atom stereocenters. The monoisotopic (exact) mass is 581 g/mol. The van der Waals surface area contributed by atoms with E-state index in [0.29, 0.717) is 26.1 Å². The van der Waals surface area contributed by atoms with Crippen LogP contribution in [0.4, 0.5) is 0 Å². The molecular formula is C32H31N5O2S2. The van der Waals surface area contributed by atoms with Crippen LogP contribution in [0.15, 0.2) is 95.5 Å². The van der Waals surface area contributed by atoms with E-state index in [1.54, 1.807) is 23.1 Å². The largest absolute Gasteiger partial charge is 0.339 e. The Morgan fingerprint density at radius 3 is 2.54 bits per heavy atom. The van der Waals surface area contributed by atoms with Crippen LogP contribution in [0.25, 0.3) is 27.2 Å². The number of thioether (sulfide) groups is 1. The van der Waals surface area contributed by atoms with E-state index in [0.717, 1.165) is 50.1 Å². The average molecular weight is 582 g/mol. The summed E-state index contributed by atoms with van der Waals surface area (Å²) in [7, 11) is 0. The van der Waals surface area contributed by atoms with Crippen molar-refractivity contribution in [2.75, 3.05) is 25.4 Å². The number of benzene rings is 3. The number of carbonyl (C=O) groups is 2. The first-order valence-electron chi connectivity index (χ1n) is 13.8. The molecule has 41 heavy (non-hydrogen) atoms. The first-order valence-corrected chi connectivity index (χ1v) is 15.7. The van der Waals surface area contributed by atoms with Crippen molar-refractivity contribution >= 4 is 45.7 Å². The third kappa shape index (κ3) is 5.78. The molecule has 0 saturated carbocycles. The molecule has 9 heteroatoms. The van der Waals surface area contributed by atoms with Crippen LogP contribution in [0.2, 0.25) is 0 Å². The molecule has 0 aliphatic carbocycles. The Morgan fingerprint density at radius 2 is 1.73 bits per heavy atom. The standard InChI is InChI=1S/C32H31N5O2S2/c1-23-22-35(18-19-36(23)31(39)27-15-7-11-24-10-5-6-14-26(24)27)29(38)17-9-21-41-32-34-33-30(28-16-8-20-40-28)37(32)25-12-3-2-4-13-25/h2-8,10-16,20,23H,9,17-19,21-22H2,1H3. The summed E-state index contributed by atoms with van der Waals surface area (Å²) >= 11 is 3.26. The molecule has 1 unspecified atom stereocenters. The highest BCUT2D eigenvalue weighted by Gasteiger charge is 2.30. The number of thiophene rings is 1. The highest BCUT2D eigenvalue weighted by Crippen LogP contribution is 2.31. The molecule has 5 aromatic rings. The molecule has 1 saturated heterocycles. The third-order valence-corrected chi connectivity index (χ3v) is 9.30. The lowest BCUT2D eigenvalue weighted by atomic mass is 10.0. The number of amides is 2. The Kier molecular flexibility index (Phi) is 8.16. The van der Waals surface area contributed by atoms with Crippen LogP contribution < -0.4 is 0 Å². The second-order valence-electron chi connectivity index (χ2n) is 10.1. The predicted octanol–water partition coefficient (Wildman–Crippen LogP) is 6.39. The Morgan fingerprint density at radius 1 is 0.927 bits per heavy atom. The Balaban J connectivity index is 1.04. The molecule has 1 aliphatic heterocycles. The molecule has 2 aromatic heterocycles. The van der Waals surface area contributed by atoms with Gasteiger partial charge in [-0.25, -0.2) is 0 Å². The van der Waals surface area contributed by atoms with Gasteiger partial charge in [-0.2, -0.15) is 0 Å². The molecule has 7 nitrogen and oxygen atoms in total. The molecule has 1 aliphatic rings. The quantitative estimate of drug-likeness (QED) is 0.157. The molecular weight excluding hydrogens is 551 g/mol. The van der Waals surface area contributed by atoms with E-state index in [4.69, 9.17) is 0 Å². The van der Waals surface area contributed by atoms with Gasteiger partial charge in [0.2, 0.25) is 5.91 Å². The number of hydrogen-bond acceptors (Lipinski definition) is 6. The average Bonchev–Trinajstić information content (AvgIpc) is 3.69. The van der Waals surface area contributed by atoms with E-state index in [9.17, 15) is 9.59 Å². The van der Waals surface area contributed by atoms with E-state index in [1.807, 2.05) is 88.8 Å². The normalized spacial score (nSPS) is 15.4. The summed E-state index contributed by atoms with van der Waals surface area (Å²) in [5.41, 5.74) is 1.74. The maximum absolute atomic E-state index is 13.5. The number of carbonyl (C=O) groups excluding carboxylic acids is 2. The number of piperazine rings is 1. The summed E-state index contributed by atoms with van der Waals surface area (Å²) < 4.78 is 2.09. The van der Waals surface area contributed by atoms with Crippen LogP contribution in [-0.2, 0) is 4.79 Å². The van der Waals surface area contributed by atoms with Crippen LogP contribution in [0.5, 0.6) is 0 Å². The van der Waals surface area contributed by atoms with Crippen molar-refractivity contribution in [3.8, 4) is 16.4 Å². The lowest BCUT2D eigenvalue weighted by Crippen LogP contribution is -2.55. The second-order valence-corrected chi connectivity index (χ2v) is 12.1. The van der Waals surface area contributed by atoms with E-state index < -0.39 is 0 Å². The number of hydrogen-bond donors (Lipinski definition) is 0. The third-order valence-electron chi connectivity index (χ3n) is 7.42. The summed E-state index contributed by atoms with van der Waals surface area (Å²) in [4.78, 5) is 31.4. The van der Waals surface area contributed by atoms with Gasteiger partial charge in [-0.15, -0.1) is 21.5 Å². The van der Waals surface area contributed by atoms with Gasteiger partial charge >= 0.3 is 0 Å². The number of aromatic nitrogens is 3. The Bertz CT molecular complexity index is 1650. The second kappa shape index (κ2) is 12.3. The predicted molar refractivity (Wildman–Crippen MR) is 166 cm³/mol. The zero-order valence-electron chi connectivity index (χ0n) is 22.8. The fraction of sp³-hybridized carbons (Fsp3) is 0.250. The van der Waals surface area contributed by atoms with Crippen LogP contribution in [0.3, 0.4) is 0 Å². The van der Waals surface area contributed by atoms with Crippen molar-refractivity contribution in [2.24, 2.45) is 0 Å². The Labute approximate surface area is 247 Å². The van der Waals surface area contributed by atoms with E-state index >= 15 is 0 Å². The molecule has 3 heterocycles. The molecule has 0 spiro atoms. The van der Waals surface area contributed by atoms with E-state index in [1.165, 1.54) is 0 Å². The van der Waals surface area contributed by atoms with Gasteiger partial charge in [0.05, 0.1) is 4.88 Å². The zero-order chi connectivity index (χ0) is 28.2. The number of nitrogens with zero attached hydrogens (tertiary/aromatic N) is 5. The molecule has 6 rings (SSSR count). The number of rotatable bonds is 8. The van der Waals surface area contributed by atoms with Gasteiger partial charge in [-0.3, -0.25) is 14.2 Å². The molecule has 0 N–H and O–H groups in total. The lowest BCUT2D eigenvalue weighted by Gasteiger charge is -2.40. The summed E-state index contributed by atoms with van der Waals surface area (Å²) in [5, 5.41) is 13.9. The zero-order valence-corrected chi connectivity index (χ0v) is 24.5. The Hall–Kier alpha value is -3.95. The van der Waals surface area contributed by atoms with Gasteiger partial charge in [0.1, 0.15) is 0 Å². The van der Waals surface area contributed by atoms with Crippen LogP contribution >= 0.6 is 23.1 Å². The molecule has 0 radical (unpaired) electrons. The van der Waals surface area contributed by atoms with Crippen molar-refractivity contribution in [1.29, 1.82) is 0 Å². The fourth-order valence-electron chi connectivity index (χ4n) is 5.34. The van der Waals surface area contributed by atoms with Gasteiger partial charge in [0, 0.05) is 49.1 Å². The summed E-state index contributed by atoms with van der Waals surface area (Å²) in [6, 6.07) is 28.0. The summed E-state index contributed by atoms with van der Waals surface area (Å²) in [6.45, 7) is 3.67. The first kappa shape index (κ1) is 27.2. The van der Waals surface area contributed by atoms with Crippen LogP contribution in [0.1, 0.15) is 30.1 Å². The van der Waals surface area contributed by atoms with Gasteiger partial charge < -0.3 is 9.80 Å². The summed E-state index contributed by atoms with van der Waals surface area (Å²) in [6.07, 6.45) is 1.21. The minimum absolute atomic E-state index is 0.0299. The molecule has 2 amide bonds. The van der Waals surface area contributed by atoms with Crippen LogP contribution in [0, 0.1) is 0 Å². The van der Waals surface area contributed by atoms with Crippen molar-refractivity contribution in [1.82, 2.24) is 24.6 Å². The van der Waals surface area contributed by atoms with Crippen LogP contribution in [-0.4, -0.2) is 67.8 Å².